The molecule has 0 heterocycles. The Hall–Kier alpha value is -0.363. The molecule has 1 atom stereocenters. The van der Waals surface area contributed by atoms with Gasteiger partial charge in [0.2, 0.25) is 0 Å². The van der Waals surface area contributed by atoms with E-state index < -0.39 is 5.97 Å². The molecule has 0 amide bonds. The highest BCUT2D eigenvalue weighted by molar-refractivity contribution is 6.08. The molecule has 0 aromatic rings. The predicted octanol–water partition coefficient (Wildman–Crippen LogP) is -0.108. The molecule has 78 valence electrons. The Balaban J connectivity index is 4.59. The van der Waals surface area contributed by atoms with Crippen LogP contribution >= 0.6 is 0 Å². The smallest absolute Gasteiger partial charge is 0.353 e. The molecule has 0 N–H and O–H groups in total. The first-order valence-electron chi connectivity index (χ1n) is 4.12. The van der Waals surface area contributed by atoms with Gasteiger partial charge in [-0.2, -0.15) is 0 Å². The third-order valence-electron chi connectivity index (χ3n) is 1.87. The normalized spacial score (nSPS) is 14.1. The van der Waals surface area contributed by atoms with Gasteiger partial charge in [-0.15, -0.1) is 0 Å². The van der Waals surface area contributed by atoms with E-state index in [-0.39, 0.29) is 6.10 Å². The Labute approximate surface area is 82.2 Å². The van der Waals surface area contributed by atoms with Crippen LogP contribution in [-0.4, -0.2) is 43.6 Å². The largest absolute Gasteiger partial charge is 0.446 e. The average Bonchev–Trinajstić information content (AvgIpc) is 2.18. The number of hydrogen-bond acceptors (Lipinski definition) is 4. The highest BCUT2D eigenvalue weighted by Crippen LogP contribution is 2.23. The minimum atomic E-state index is -1.15. The quantitative estimate of drug-likeness (QED) is 0.331. The molecule has 0 aliphatic heterocycles. The molecule has 0 aromatic carbocycles. The van der Waals surface area contributed by atoms with Crippen molar-refractivity contribution in [2.75, 3.05) is 21.3 Å². The third kappa shape index (κ3) is 2.80. The van der Waals surface area contributed by atoms with Crippen molar-refractivity contribution in [3.05, 3.63) is 12.8 Å². The van der Waals surface area contributed by atoms with Gasteiger partial charge >= 0.3 is 5.97 Å². The number of methoxy groups -OCH3 is 3. The van der Waals surface area contributed by atoms with Crippen molar-refractivity contribution < 1.29 is 18.9 Å². The van der Waals surface area contributed by atoms with Gasteiger partial charge in [-0.05, 0) is 6.04 Å². The van der Waals surface area contributed by atoms with E-state index in [4.69, 9.17) is 18.9 Å². The molecule has 0 bridgehead atoms. The molecule has 1 unspecified atom stereocenters. The van der Waals surface area contributed by atoms with E-state index >= 15 is 0 Å². The zero-order valence-electron chi connectivity index (χ0n) is 8.70. The lowest BCUT2D eigenvalue weighted by molar-refractivity contribution is -0.378. The van der Waals surface area contributed by atoms with Crippen LogP contribution in [0.1, 0.15) is 0 Å². The molecule has 0 fully saturated rings. The molecule has 0 saturated heterocycles. The molecule has 4 nitrogen and oxygen atoms in total. The van der Waals surface area contributed by atoms with Gasteiger partial charge in [0.05, 0.1) is 6.26 Å². The zero-order valence-corrected chi connectivity index (χ0v) is 10.7. The molecule has 0 aromatic heterocycles. The van der Waals surface area contributed by atoms with E-state index in [1.54, 1.807) is 7.11 Å². The van der Waals surface area contributed by atoms with Gasteiger partial charge < -0.3 is 18.9 Å². The SMILES string of the molecule is C=COC(OC)(OC)C(C[SiH3])OC. The summed E-state index contributed by atoms with van der Waals surface area (Å²) in [5.74, 6) is -1.15. The Morgan fingerprint density at radius 3 is 2.15 bits per heavy atom. The molecule has 0 aliphatic carbocycles. The molecule has 5 heteroatoms. The molecular weight excluding hydrogens is 188 g/mol. The van der Waals surface area contributed by atoms with E-state index in [1.807, 2.05) is 0 Å². The fraction of sp³-hybridized carbons (Fsp3) is 0.750. The summed E-state index contributed by atoms with van der Waals surface area (Å²) in [6.07, 6.45) is 1.06. The van der Waals surface area contributed by atoms with Gasteiger partial charge in [-0.25, -0.2) is 0 Å². The number of hydrogen-bond donors (Lipinski definition) is 0. The van der Waals surface area contributed by atoms with Gasteiger partial charge in [-0.1, -0.05) is 6.58 Å². The van der Waals surface area contributed by atoms with E-state index in [0.717, 1.165) is 16.3 Å². The van der Waals surface area contributed by atoms with Crippen molar-refractivity contribution in [3.8, 4) is 0 Å². The highest BCUT2D eigenvalue weighted by atomic mass is 28.1. The Morgan fingerprint density at radius 1 is 1.38 bits per heavy atom. The molecule has 0 saturated carbocycles. The van der Waals surface area contributed by atoms with Crippen LogP contribution in [-0.2, 0) is 18.9 Å². The Morgan fingerprint density at radius 2 is 1.92 bits per heavy atom. The van der Waals surface area contributed by atoms with Crippen molar-refractivity contribution >= 4 is 10.2 Å². The first kappa shape index (κ1) is 12.6. The summed E-state index contributed by atoms with van der Waals surface area (Å²) in [5, 5.41) is 0. The second-order valence-corrected chi connectivity index (χ2v) is 3.25. The molecule has 0 aliphatic rings. The van der Waals surface area contributed by atoms with E-state index in [0.29, 0.717) is 0 Å². The summed E-state index contributed by atoms with van der Waals surface area (Å²) >= 11 is 0. The summed E-state index contributed by atoms with van der Waals surface area (Å²) in [6.45, 7) is 3.47. The van der Waals surface area contributed by atoms with E-state index in [1.165, 1.54) is 20.5 Å². The molecule has 0 rings (SSSR count). The summed E-state index contributed by atoms with van der Waals surface area (Å²) < 4.78 is 20.7. The molecule has 0 spiro atoms. The van der Waals surface area contributed by atoms with Gasteiger partial charge in [0, 0.05) is 31.6 Å². The summed E-state index contributed by atoms with van der Waals surface area (Å²) in [6, 6.07) is 0.853. The summed E-state index contributed by atoms with van der Waals surface area (Å²) in [7, 11) is 5.60. The lowest BCUT2D eigenvalue weighted by Gasteiger charge is -2.34. The standard InChI is InChI=1S/C8H18O4Si/c1-5-12-8(10-3,11-4)7(6-13)9-2/h5,7H,1,6H2,2-4,13H3. The van der Waals surface area contributed by atoms with E-state index in [2.05, 4.69) is 6.58 Å². The van der Waals surface area contributed by atoms with E-state index in [9.17, 15) is 0 Å². The van der Waals surface area contributed by atoms with Crippen molar-refractivity contribution in [2.45, 2.75) is 18.1 Å². The third-order valence-corrected chi connectivity index (χ3v) is 2.61. The molecule has 13 heavy (non-hydrogen) atoms. The number of ether oxygens (including phenoxy) is 4. The fourth-order valence-electron chi connectivity index (χ4n) is 1.20. The van der Waals surface area contributed by atoms with Crippen LogP contribution in [0.5, 0.6) is 0 Å². The van der Waals surface area contributed by atoms with Crippen LogP contribution in [0.4, 0.5) is 0 Å². The van der Waals surface area contributed by atoms with Crippen molar-refractivity contribution in [3.63, 3.8) is 0 Å². The van der Waals surface area contributed by atoms with Crippen LogP contribution in [0.2, 0.25) is 6.04 Å². The van der Waals surface area contributed by atoms with Crippen molar-refractivity contribution in [1.29, 1.82) is 0 Å². The lowest BCUT2D eigenvalue weighted by atomic mass is 10.3. The fourth-order valence-corrected chi connectivity index (χ4v) is 2.03. The van der Waals surface area contributed by atoms with Crippen LogP contribution < -0.4 is 0 Å². The molecule has 0 radical (unpaired) electrons. The topological polar surface area (TPSA) is 36.9 Å². The van der Waals surface area contributed by atoms with Crippen molar-refractivity contribution in [2.24, 2.45) is 0 Å². The number of rotatable bonds is 7. The maximum Gasteiger partial charge on any atom is 0.353 e. The summed E-state index contributed by atoms with van der Waals surface area (Å²) in [5.41, 5.74) is 0. The van der Waals surface area contributed by atoms with Gasteiger partial charge in [0.25, 0.3) is 0 Å². The van der Waals surface area contributed by atoms with Gasteiger partial charge in [0.1, 0.15) is 6.10 Å². The van der Waals surface area contributed by atoms with Gasteiger partial charge in [0.15, 0.2) is 0 Å². The second kappa shape index (κ2) is 6.15. The maximum atomic E-state index is 5.21. The zero-order chi connectivity index (χ0) is 10.3. The first-order valence-corrected chi connectivity index (χ1v) is 5.54. The predicted molar refractivity (Wildman–Crippen MR) is 53.6 cm³/mol. The van der Waals surface area contributed by atoms with Crippen LogP contribution in [0.25, 0.3) is 0 Å². The minimum absolute atomic E-state index is 0.229. The van der Waals surface area contributed by atoms with Crippen LogP contribution in [0, 0.1) is 0 Å². The monoisotopic (exact) mass is 206 g/mol. The molecular formula is C8H18O4Si. The Bertz CT molecular complexity index is 143. The minimum Gasteiger partial charge on any atom is -0.446 e. The Kier molecular flexibility index (Phi) is 5.97. The lowest BCUT2D eigenvalue weighted by Crippen LogP contribution is -2.48. The second-order valence-electron chi connectivity index (χ2n) is 2.43. The van der Waals surface area contributed by atoms with Crippen LogP contribution in [0.15, 0.2) is 12.8 Å². The van der Waals surface area contributed by atoms with Gasteiger partial charge in [-0.3, -0.25) is 0 Å². The maximum absolute atomic E-state index is 5.21. The summed E-state index contributed by atoms with van der Waals surface area (Å²) in [4.78, 5) is 0. The van der Waals surface area contributed by atoms with Crippen LogP contribution in [0.3, 0.4) is 0 Å². The van der Waals surface area contributed by atoms with Crippen molar-refractivity contribution in [1.82, 2.24) is 0 Å². The average molecular weight is 206 g/mol. The first-order chi connectivity index (χ1) is 6.20. The highest BCUT2D eigenvalue weighted by Gasteiger charge is 2.40.